The number of ether oxygens (including phenoxy) is 1. The minimum atomic E-state index is -3.40. The van der Waals surface area contributed by atoms with E-state index in [0.29, 0.717) is 16.8 Å². The van der Waals surface area contributed by atoms with Gasteiger partial charge in [0.2, 0.25) is 10.0 Å². The van der Waals surface area contributed by atoms with E-state index in [9.17, 15) is 13.7 Å². The fourth-order valence-corrected chi connectivity index (χ4v) is 3.81. The van der Waals surface area contributed by atoms with Crippen LogP contribution in [0.1, 0.15) is 43.0 Å². The molecule has 5 nitrogen and oxygen atoms in total. The standard InChI is InChI=1S/C21H23BrN2O3S/c1-21(2,3)19-12-17(22)10-15(20(19)27-4)7-6-14-8-9-18(11-16(14)13-23)24-28(5,25)26/h6-12,24H,1-5H3. The second-order valence-electron chi connectivity index (χ2n) is 7.45. The molecule has 0 aromatic heterocycles. The molecular formula is C21H23BrN2O3S. The van der Waals surface area contributed by atoms with Crippen LogP contribution in [0.2, 0.25) is 0 Å². The van der Waals surface area contributed by atoms with Crippen molar-refractivity contribution < 1.29 is 13.2 Å². The molecule has 0 saturated heterocycles. The van der Waals surface area contributed by atoms with E-state index in [-0.39, 0.29) is 5.41 Å². The first-order valence-corrected chi connectivity index (χ1v) is 11.2. The molecule has 1 N–H and O–H groups in total. The van der Waals surface area contributed by atoms with E-state index in [1.807, 2.05) is 24.3 Å². The number of halogens is 1. The molecule has 28 heavy (non-hydrogen) atoms. The lowest BCUT2D eigenvalue weighted by Gasteiger charge is -2.24. The molecule has 0 amide bonds. The first-order valence-electron chi connectivity index (χ1n) is 8.52. The summed E-state index contributed by atoms with van der Waals surface area (Å²) in [6, 6.07) is 11.0. The lowest BCUT2D eigenvalue weighted by molar-refractivity contribution is 0.396. The van der Waals surface area contributed by atoms with Gasteiger partial charge in [0.15, 0.2) is 0 Å². The number of nitrogens with one attached hydrogen (secondary N) is 1. The number of rotatable bonds is 5. The van der Waals surface area contributed by atoms with Crippen molar-refractivity contribution in [1.29, 1.82) is 5.26 Å². The molecule has 2 aromatic carbocycles. The van der Waals surface area contributed by atoms with Crippen molar-refractivity contribution in [3.05, 3.63) is 57.1 Å². The molecule has 148 valence electrons. The Kier molecular flexibility index (Phi) is 6.58. The van der Waals surface area contributed by atoms with E-state index in [1.165, 1.54) is 6.07 Å². The molecule has 0 unspecified atom stereocenters. The summed E-state index contributed by atoms with van der Waals surface area (Å²) in [7, 11) is -1.76. The zero-order valence-electron chi connectivity index (χ0n) is 16.5. The molecule has 0 radical (unpaired) electrons. The largest absolute Gasteiger partial charge is 0.496 e. The highest BCUT2D eigenvalue weighted by Crippen LogP contribution is 2.37. The average molecular weight is 463 g/mol. The van der Waals surface area contributed by atoms with Crippen molar-refractivity contribution in [1.82, 2.24) is 0 Å². The first-order chi connectivity index (χ1) is 12.9. The van der Waals surface area contributed by atoms with Gasteiger partial charge in [-0.15, -0.1) is 0 Å². The topological polar surface area (TPSA) is 79.2 Å². The molecule has 0 heterocycles. The normalized spacial score (nSPS) is 12.0. The molecule has 0 bridgehead atoms. The first kappa shape index (κ1) is 22.0. The lowest BCUT2D eigenvalue weighted by atomic mass is 9.85. The number of methoxy groups -OCH3 is 1. The van der Waals surface area contributed by atoms with Crippen LogP contribution in [0.15, 0.2) is 34.8 Å². The average Bonchev–Trinajstić information content (AvgIpc) is 2.57. The molecule has 0 saturated carbocycles. The Hall–Kier alpha value is -2.30. The second-order valence-corrected chi connectivity index (χ2v) is 10.1. The molecular weight excluding hydrogens is 440 g/mol. The molecule has 0 spiro atoms. The Morgan fingerprint density at radius 2 is 1.79 bits per heavy atom. The van der Waals surface area contributed by atoms with Crippen molar-refractivity contribution in [2.75, 3.05) is 18.1 Å². The minimum absolute atomic E-state index is 0.103. The summed E-state index contributed by atoms with van der Waals surface area (Å²) in [5, 5.41) is 9.44. The summed E-state index contributed by atoms with van der Waals surface area (Å²) in [6.45, 7) is 6.35. The Bertz CT molecular complexity index is 1060. The highest BCUT2D eigenvalue weighted by atomic mass is 79.9. The smallest absolute Gasteiger partial charge is 0.229 e. The van der Waals surface area contributed by atoms with Crippen LogP contribution < -0.4 is 9.46 Å². The predicted molar refractivity (Wildman–Crippen MR) is 118 cm³/mol. The molecule has 0 atom stereocenters. The molecule has 0 aliphatic heterocycles. The Morgan fingerprint density at radius 3 is 2.32 bits per heavy atom. The van der Waals surface area contributed by atoms with Gasteiger partial charge >= 0.3 is 0 Å². The van der Waals surface area contributed by atoms with Gasteiger partial charge in [-0.3, -0.25) is 4.72 Å². The number of nitriles is 1. The van der Waals surface area contributed by atoms with Crippen molar-refractivity contribution in [2.45, 2.75) is 26.2 Å². The van der Waals surface area contributed by atoms with Gasteiger partial charge < -0.3 is 4.74 Å². The Balaban J connectivity index is 2.49. The number of nitrogens with zero attached hydrogens (tertiary/aromatic N) is 1. The summed E-state index contributed by atoms with van der Waals surface area (Å²) in [5.74, 6) is 0.779. The SMILES string of the molecule is COc1c(C=Cc2ccc(NS(C)(=O)=O)cc2C#N)cc(Br)cc1C(C)(C)C. The summed E-state index contributed by atoms with van der Waals surface area (Å²) in [5.41, 5.74) is 3.25. The fraction of sp³-hybridized carbons (Fsp3) is 0.286. The number of hydrogen-bond acceptors (Lipinski definition) is 4. The van der Waals surface area contributed by atoms with E-state index in [2.05, 4.69) is 47.5 Å². The van der Waals surface area contributed by atoms with E-state index in [1.54, 1.807) is 19.2 Å². The van der Waals surface area contributed by atoms with E-state index >= 15 is 0 Å². The van der Waals surface area contributed by atoms with E-state index in [4.69, 9.17) is 4.74 Å². The van der Waals surface area contributed by atoms with Gasteiger partial charge in [0.05, 0.1) is 25.0 Å². The van der Waals surface area contributed by atoms with Crippen molar-refractivity contribution in [3.8, 4) is 11.8 Å². The third kappa shape index (κ3) is 5.60. The van der Waals surface area contributed by atoms with Crippen LogP contribution in [0.4, 0.5) is 5.69 Å². The molecule has 2 rings (SSSR count). The summed E-state index contributed by atoms with van der Waals surface area (Å²) >= 11 is 3.55. The van der Waals surface area contributed by atoms with Gasteiger partial charge in [0.1, 0.15) is 5.75 Å². The van der Waals surface area contributed by atoms with E-state index < -0.39 is 10.0 Å². The monoisotopic (exact) mass is 462 g/mol. The van der Waals surface area contributed by atoms with Crippen molar-refractivity contribution >= 4 is 43.8 Å². The Labute approximate surface area is 175 Å². The zero-order valence-corrected chi connectivity index (χ0v) is 18.9. The highest BCUT2D eigenvalue weighted by molar-refractivity contribution is 9.10. The van der Waals surface area contributed by atoms with Gasteiger partial charge in [-0.25, -0.2) is 8.42 Å². The lowest BCUT2D eigenvalue weighted by Crippen LogP contribution is -2.13. The number of hydrogen-bond donors (Lipinski definition) is 1. The summed E-state index contributed by atoms with van der Waals surface area (Å²) in [4.78, 5) is 0. The molecule has 0 fully saturated rings. The highest BCUT2D eigenvalue weighted by Gasteiger charge is 2.21. The van der Waals surface area contributed by atoms with Crippen LogP contribution in [0.25, 0.3) is 12.2 Å². The van der Waals surface area contributed by atoms with Crippen molar-refractivity contribution in [2.24, 2.45) is 0 Å². The van der Waals surface area contributed by atoms with Gasteiger partial charge in [-0.2, -0.15) is 5.26 Å². The molecule has 2 aromatic rings. The number of anilines is 1. The quantitative estimate of drug-likeness (QED) is 0.621. The maximum atomic E-state index is 11.4. The number of benzene rings is 2. The van der Waals surface area contributed by atoms with Crippen LogP contribution in [0, 0.1) is 11.3 Å². The maximum Gasteiger partial charge on any atom is 0.229 e. The van der Waals surface area contributed by atoms with Gasteiger partial charge in [-0.05, 0) is 35.2 Å². The fourth-order valence-electron chi connectivity index (χ4n) is 2.78. The van der Waals surface area contributed by atoms with Crippen molar-refractivity contribution in [3.63, 3.8) is 0 Å². The van der Waals surface area contributed by atoms with Crippen LogP contribution >= 0.6 is 15.9 Å². The van der Waals surface area contributed by atoms with E-state index in [0.717, 1.165) is 27.6 Å². The summed E-state index contributed by atoms with van der Waals surface area (Å²) < 4.78 is 31.7. The maximum absolute atomic E-state index is 11.4. The zero-order chi connectivity index (χ0) is 21.1. The third-order valence-corrected chi connectivity index (χ3v) is 5.08. The molecule has 7 heteroatoms. The van der Waals surface area contributed by atoms with Crippen LogP contribution in [-0.4, -0.2) is 21.8 Å². The Morgan fingerprint density at radius 1 is 1.14 bits per heavy atom. The number of sulfonamides is 1. The third-order valence-electron chi connectivity index (χ3n) is 4.01. The summed E-state index contributed by atoms with van der Waals surface area (Å²) in [6.07, 6.45) is 4.78. The molecule has 0 aliphatic rings. The van der Waals surface area contributed by atoms with Crippen LogP contribution in [-0.2, 0) is 15.4 Å². The minimum Gasteiger partial charge on any atom is -0.496 e. The van der Waals surface area contributed by atoms with Crippen LogP contribution in [0.5, 0.6) is 5.75 Å². The molecule has 0 aliphatic carbocycles. The van der Waals surface area contributed by atoms with Gasteiger partial charge in [0.25, 0.3) is 0 Å². The second kappa shape index (κ2) is 8.38. The van der Waals surface area contributed by atoms with Gasteiger partial charge in [0, 0.05) is 21.3 Å². The van der Waals surface area contributed by atoms with Crippen LogP contribution in [0.3, 0.4) is 0 Å². The predicted octanol–water partition coefficient (Wildman–Crippen LogP) is 5.17. The van der Waals surface area contributed by atoms with Gasteiger partial charge in [-0.1, -0.05) is 54.9 Å².